The number of sulfonamides is 1. The number of rotatable bonds is 5. The van der Waals surface area contributed by atoms with Crippen molar-refractivity contribution in [3.63, 3.8) is 0 Å². The molecule has 7 heteroatoms. The molecule has 1 N–H and O–H groups in total. The van der Waals surface area contributed by atoms with Crippen LogP contribution < -0.4 is 9.62 Å². The summed E-state index contributed by atoms with van der Waals surface area (Å²) in [5, 5.41) is 3.05. The Balaban J connectivity index is 1.69. The van der Waals surface area contributed by atoms with Gasteiger partial charge in [0.2, 0.25) is 15.9 Å². The molecule has 2 fully saturated rings. The number of hydrogen-bond acceptors (Lipinski definition) is 3. The Hall–Kier alpha value is -0.830. The summed E-state index contributed by atoms with van der Waals surface area (Å²) >= 11 is 2.16. The molecule has 1 aromatic rings. The summed E-state index contributed by atoms with van der Waals surface area (Å²) in [6.07, 6.45) is 5.84. The highest BCUT2D eigenvalue weighted by molar-refractivity contribution is 14.1. The van der Waals surface area contributed by atoms with Gasteiger partial charge in [-0.25, -0.2) is 8.42 Å². The van der Waals surface area contributed by atoms with Crippen LogP contribution in [0.1, 0.15) is 25.7 Å². The zero-order valence-electron chi connectivity index (χ0n) is 13.0. The minimum atomic E-state index is -3.50. The number of amides is 1. The molecule has 0 spiro atoms. The average molecular weight is 448 g/mol. The van der Waals surface area contributed by atoms with Gasteiger partial charge in [0.15, 0.2) is 0 Å². The molecule has 0 heterocycles. The van der Waals surface area contributed by atoms with Crippen LogP contribution in [0.5, 0.6) is 0 Å². The molecule has 2 saturated carbocycles. The number of carbonyl (C=O) groups is 1. The maximum Gasteiger partial charge on any atom is 0.241 e. The second kappa shape index (κ2) is 6.58. The third-order valence-electron chi connectivity index (χ3n) is 4.89. The zero-order valence-corrected chi connectivity index (χ0v) is 16.0. The van der Waals surface area contributed by atoms with Crippen molar-refractivity contribution < 1.29 is 13.2 Å². The summed E-state index contributed by atoms with van der Waals surface area (Å²) in [4.78, 5) is 12.4. The van der Waals surface area contributed by atoms with E-state index in [1.165, 1.54) is 23.6 Å². The van der Waals surface area contributed by atoms with E-state index in [-0.39, 0.29) is 18.5 Å². The number of nitrogens with one attached hydrogen (secondary N) is 1. The Kier molecular flexibility index (Phi) is 4.87. The Morgan fingerprint density at radius 1 is 1.26 bits per heavy atom. The van der Waals surface area contributed by atoms with Crippen molar-refractivity contribution in [2.24, 2.45) is 11.8 Å². The summed E-state index contributed by atoms with van der Waals surface area (Å²) in [5.41, 5.74) is 0.524. The van der Waals surface area contributed by atoms with Crippen LogP contribution in [0.4, 0.5) is 5.69 Å². The molecule has 126 valence electrons. The van der Waals surface area contributed by atoms with Crippen LogP contribution in [-0.4, -0.2) is 33.2 Å². The second-order valence-corrected chi connectivity index (χ2v) is 9.75. The fourth-order valence-electron chi connectivity index (χ4n) is 3.81. The predicted octanol–water partition coefficient (Wildman–Crippen LogP) is 2.36. The van der Waals surface area contributed by atoms with Gasteiger partial charge in [-0.3, -0.25) is 9.10 Å². The van der Waals surface area contributed by atoms with Crippen molar-refractivity contribution in [3.8, 4) is 0 Å². The summed E-state index contributed by atoms with van der Waals surface area (Å²) in [6, 6.07) is 7.35. The minimum absolute atomic E-state index is 0.159. The van der Waals surface area contributed by atoms with Gasteiger partial charge in [0, 0.05) is 9.61 Å². The van der Waals surface area contributed by atoms with Crippen LogP contribution in [0, 0.1) is 15.4 Å². The van der Waals surface area contributed by atoms with Gasteiger partial charge in [-0.1, -0.05) is 6.42 Å². The normalized spacial score (nSPS) is 26.3. The molecule has 0 unspecified atom stereocenters. The van der Waals surface area contributed by atoms with Crippen LogP contribution in [-0.2, 0) is 14.8 Å². The number of halogens is 1. The van der Waals surface area contributed by atoms with Gasteiger partial charge in [-0.05, 0) is 78.0 Å². The fourth-order valence-corrected chi connectivity index (χ4v) is 5.03. The number of carbonyl (C=O) groups excluding carboxylic acids is 1. The first-order valence-electron chi connectivity index (χ1n) is 7.85. The van der Waals surface area contributed by atoms with Crippen molar-refractivity contribution in [2.75, 3.05) is 17.1 Å². The number of benzene rings is 1. The maximum absolute atomic E-state index is 12.4. The molecule has 2 aliphatic rings. The topological polar surface area (TPSA) is 66.5 Å². The fraction of sp³-hybridized carbons (Fsp3) is 0.562. The predicted molar refractivity (Wildman–Crippen MR) is 98.7 cm³/mol. The SMILES string of the molecule is CS(=O)(=O)N(CC(=O)N[C@@H]1C[C@H]2CC[C@H]1C2)c1ccc(I)cc1. The molecule has 3 rings (SSSR count). The van der Waals surface area contributed by atoms with Gasteiger partial charge >= 0.3 is 0 Å². The quantitative estimate of drug-likeness (QED) is 0.704. The Bertz CT molecular complexity index is 690. The largest absolute Gasteiger partial charge is 0.352 e. The zero-order chi connectivity index (χ0) is 16.6. The Morgan fingerprint density at radius 3 is 2.48 bits per heavy atom. The molecule has 23 heavy (non-hydrogen) atoms. The summed E-state index contributed by atoms with van der Waals surface area (Å²) in [5.74, 6) is 1.10. The second-order valence-electron chi connectivity index (χ2n) is 6.59. The molecule has 0 radical (unpaired) electrons. The van der Waals surface area contributed by atoms with E-state index in [4.69, 9.17) is 0 Å². The third kappa shape index (κ3) is 3.99. The maximum atomic E-state index is 12.4. The van der Waals surface area contributed by atoms with E-state index in [0.29, 0.717) is 11.6 Å². The van der Waals surface area contributed by atoms with Gasteiger partial charge in [0.25, 0.3) is 0 Å². The highest BCUT2D eigenvalue weighted by atomic mass is 127. The first kappa shape index (κ1) is 17.0. The molecule has 1 aromatic carbocycles. The van der Waals surface area contributed by atoms with Crippen LogP contribution >= 0.6 is 22.6 Å². The van der Waals surface area contributed by atoms with Gasteiger partial charge in [0.05, 0.1) is 11.9 Å². The van der Waals surface area contributed by atoms with E-state index in [0.717, 1.165) is 22.2 Å². The van der Waals surface area contributed by atoms with Gasteiger partial charge in [-0.15, -0.1) is 0 Å². The van der Waals surface area contributed by atoms with Crippen molar-refractivity contribution in [2.45, 2.75) is 31.7 Å². The Labute approximate surface area is 151 Å². The summed E-state index contributed by atoms with van der Waals surface area (Å²) < 4.78 is 26.3. The molecule has 2 bridgehead atoms. The van der Waals surface area contributed by atoms with E-state index < -0.39 is 10.0 Å². The van der Waals surface area contributed by atoms with Crippen molar-refractivity contribution >= 4 is 44.2 Å². The van der Waals surface area contributed by atoms with Crippen LogP contribution in [0.2, 0.25) is 0 Å². The lowest BCUT2D eigenvalue weighted by atomic mass is 9.95. The van der Waals surface area contributed by atoms with Crippen LogP contribution in [0.25, 0.3) is 0 Å². The van der Waals surface area contributed by atoms with Crippen LogP contribution in [0.15, 0.2) is 24.3 Å². The van der Waals surface area contributed by atoms with E-state index >= 15 is 0 Å². The van der Waals surface area contributed by atoms with E-state index in [1.807, 2.05) is 12.1 Å². The van der Waals surface area contributed by atoms with Crippen LogP contribution in [0.3, 0.4) is 0 Å². The monoisotopic (exact) mass is 448 g/mol. The highest BCUT2D eigenvalue weighted by Gasteiger charge is 2.40. The smallest absolute Gasteiger partial charge is 0.241 e. The summed E-state index contributed by atoms with van der Waals surface area (Å²) in [6.45, 7) is -0.159. The summed E-state index contributed by atoms with van der Waals surface area (Å²) in [7, 11) is -3.50. The molecule has 3 atom stereocenters. The molecule has 0 aromatic heterocycles. The van der Waals surface area contributed by atoms with E-state index in [9.17, 15) is 13.2 Å². The molecular weight excluding hydrogens is 427 g/mol. The van der Waals surface area contributed by atoms with Crippen molar-refractivity contribution in [1.29, 1.82) is 0 Å². The number of hydrogen-bond donors (Lipinski definition) is 1. The molecular formula is C16H21IN2O3S. The van der Waals surface area contributed by atoms with Gasteiger partial charge < -0.3 is 5.32 Å². The highest BCUT2D eigenvalue weighted by Crippen LogP contribution is 2.44. The molecule has 0 saturated heterocycles. The minimum Gasteiger partial charge on any atom is -0.352 e. The third-order valence-corrected chi connectivity index (χ3v) is 6.75. The standard InChI is InChI=1S/C16H21IN2O3S/c1-23(21,22)19(14-6-4-13(17)5-7-14)10-16(20)18-15-9-11-2-3-12(15)8-11/h4-7,11-12,15H,2-3,8-10H2,1H3,(H,18,20)/t11-,12-,15+/m0/s1. The van der Waals surface area contributed by atoms with Gasteiger partial charge in [0.1, 0.15) is 6.54 Å². The lowest BCUT2D eigenvalue weighted by Gasteiger charge is -2.26. The molecule has 0 aliphatic heterocycles. The Morgan fingerprint density at radius 2 is 1.96 bits per heavy atom. The average Bonchev–Trinajstić information content (AvgIpc) is 3.07. The van der Waals surface area contributed by atoms with E-state index in [1.54, 1.807) is 12.1 Å². The lowest BCUT2D eigenvalue weighted by molar-refractivity contribution is -0.120. The molecule has 2 aliphatic carbocycles. The number of fused-ring (bicyclic) bond motifs is 2. The first-order valence-corrected chi connectivity index (χ1v) is 10.8. The molecule has 1 amide bonds. The number of anilines is 1. The van der Waals surface area contributed by atoms with Gasteiger partial charge in [-0.2, -0.15) is 0 Å². The molecule has 5 nitrogen and oxygen atoms in total. The van der Waals surface area contributed by atoms with Crippen molar-refractivity contribution in [3.05, 3.63) is 27.8 Å². The first-order chi connectivity index (χ1) is 10.8. The van der Waals surface area contributed by atoms with E-state index in [2.05, 4.69) is 27.9 Å². The lowest BCUT2D eigenvalue weighted by Crippen LogP contribution is -2.45. The van der Waals surface area contributed by atoms with Crippen molar-refractivity contribution in [1.82, 2.24) is 5.32 Å². The number of nitrogens with zero attached hydrogens (tertiary/aromatic N) is 1.